The maximum absolute atomic E-state index is 12.4. The van der Waals surface area contributed by atoms with Gasteiger partial charge in [0, 0.05) is 26.2 Å². The van der Waals surface area contributed by atoms with Crippen molar-refractivity contribution in [1.29, 1.82) is 0 Å². The molecule has 0 saturated carbocycles. The normalized spacial score (nSPS) is 19.6. The first-order chi connectivity index (χ1) is 11.4. The summed E-state index contributed by atoms with van der Waals surface area (Å²) in [5, 5.41) is 0. The number of nitrogens with one attached hydrogen (secondary N) is 1. The average molecular weight is 356 g/mol. The Morgan fingerprint density at radius 1 is 1.33 bits per heavy atom. The molecule has 1 aromatic rings. The molecule has 1 aliphatic heterocycles. The van der Waals surface area contributed by atoms with Gasteiger partial charge >= 0.3 is 0 Å². The Labute approximate surface area is 145 Å². The number of ether oxygens (including phenoxy) is 2. The molecular weight excluding hydrogens is 328 g/mol. The van der Waals surface area contributed by atoms with E-state index >= 15 is 0 Å². The van der Waals surface area contributed by atoms with Gasteiger partial charge in [-0.3, -0.25) is 4.90 Å². The van der Waals surface area contributed by atoms with Crippen molar-refractivity contribution < 1.29 is 17.9 Å². The molecule has 24 heavy (non-hydrogen) atoms. The highest BCUT2D eigenvalue weighted by Crippen LogP contribution is 2.16. The Morgan fingerprint density at radius 2 is 2.04 bits per heavy atom. The third-order valence-electron chi connectivity index (χ3n) is 3.79. The topological polar surface area (TPSA) is 67.9 Å². The summed E-state index contributed by atoms with van der Waals surface area (Å²) >= 11 is 0. The van der Waals surface area contributed by atoms with Crippen LogP contribution in [0.3, 0.4) is 0 Å². The summed E-state index contributed by atoms with van der Waals surface area (Å²) in [5.74, 6) is 1.25. The summed E-state index contributed by atoms with van der Waals surface area (Å²) in [6.45, 7) is 10.4. The molecule has 1 aliphatic rings. The van der Waals surface area contributed by atoms with E-state index in [4.69, 9.17) is 9.47 Å². The monoisotopic (exact) mass is 356 g/mol. The molecule has 1 N–H and O–H groups in total. The van der Waals surface area contributed by atoms with Crippen molar-refractivity contribution in [3.8, 4) is 5.75 Å². The van der Waals surface area contributed by atoms with Crippen LogP contribution < -0.4 is 9.46 Å². The lowest BCUT2D eigenvalue weighted by atomic mass is 10.2. The Hall–Kier alpha value is -1.15. The van der Waals surface area contributed by atoms with Crippen LogP contribution in [0.1, 0.15) is 20.8 Å². The summed E-state index contributed by atoms with van der Waals surface area (Å²) < 4.78 is 38.4. The van der Waals surface area contributed by atoms with E-state index in [0.717, 1.165) is 19.6 Å². The van der Waals surface area contributed by atoms with Gasteiger partial charge in [-0.05, 0) is 37.1 Å². The molecule has 1 atom stereocenters. The minimum Gasteiger partial charge on any atom is -0.494 e. The van der Waals surface area contributed by atoms with Gasteiger partial charge in [-0.1, -0.05) is 13.8 Å². The van der Waals surface area contributed by atoms with E-state index in [1.54, 1.807) is 24.3 Å². The average Bonchev–Trinajstić information content (AvgIpc) is 2.54. The molecule has 0 amide bonds. The van der Waals surface area contributed by atoms with E-state index in [2.05, 4.69) is 23.5 Å². The predicted octanol–water partition coefficient (Wildman–Crippen LogP) is 1.72. The second-order valence-electron chi connectivity index (χ2n) is 6.40. The van der Waals surface area contributed by atoms with Crippen LogP contribution >= 0.6 is 0 Å². The van der Waals surface area contributed by atoms with E-state index in [9.17, 15) is 8.42 Å². The van der Waals surface area contributed by atoms with E-state index in [1.165, 1.54) is 0 Å². The quantitative estimate of drug-likeness (QED) is 0.768. The maximum atomic E-state index is 12.4. The molecule has 1 fully saturated rings. The zero-order valence-electron chi connectivity index (χ0n) is 14.7. The molecule has 1 heterocycles. The van der Waals surface area contributed by atoms with Gasteiger partial charge in [0.05, 0.1) is 24.2 Å². The predicted molar refractivity (Wildman–Crippen MR) is 93.8 cm³/mol. The van der Waals surface area contributed by atoms with Crippen LogP contribution in [0.5, 0.6) is 5.75 Å². The number of rotatable bonds is 8. The van der Waals surface area contributed by atoms with Gasteiger partial charge in [-0.25, -0.2) is 13.1 Å². The van der Waals surface area contributed by atoms with E-state index < -0.39 is 10.0 Å². The first-order valence-corrected chi connectivity index (χ1v) is 9.95. The summed E-state index contributed by atoms with van der Waals surface area (Å²) in [7, 11) is -3.54. The highest BCUT2D eigenvalue weighted by Gasteiger charge is 2.23. The van der Waals surface area contributed by atoms with Crippen LogP contribution in [-0.4, -0.2) is 58.8 Å². The number of benzene rings is 1. The fourth-order valence-corrected chi connectivity index (χ4v) is 3.82. The van der Waals surface area contributed by atoms with Crippen molar-refractivity contribution in [1.82, 2.24) is 9.62 Å². The van der Waals surface area contributed by atoms with Crippen LogP contribution in [0.4, 0.5) is 0 Å². The Morgan fingerprint density at radius 3 is 2.67 bits per heavy atom. The molecule has 0 spiro atoms. The zero-order chi connectivity index (χ0) is 17.6. The van der Waals surface area contributed by atoms with E-state index in [0.29, 0.717) is 24.9 Å². The second-order valence-corrected chi connectivity index (χ2v) is 8.17. The summed E-state index contributed by atoms with van der Waals surface area (Å²) in [5.41, 5.74) is 0. The van der Waals surface area contributed by atoms with Gasteiger partial charge in [0.2, 0.25) is 10.0 Å². The van der Waals surface area contributed by atoms with Gasteiger partial charge in [-0.15, -0.1) is 0 Å². The molecule has 1 saturated heterocycles. The minimum atomic E-state index is -3.54. The van der Waals surface area contributed by atoms with Crippen molar-refractivity contribution in [2.24, 2.45) is 5.92 Å². The van der Waals surface area contributed by atoms with Gasteiger partial charge in [0.15, 0.2) is 0 Å². The lowest BCUT2D eigenvalue weighted by Crippen LogP contribution is -2.48. The van der Waals surface area contributed by atoms with Crippen LogP contribution in [0.2, 0.25) is 0 Å². The van der Waals surface area contributed by atoms with E-state index in [1.807, 2.05) is 6.92 Å². The minimum absolute atomic E-state index is 0.116. The highest BCUT2D eigenvalue weighted by atomic mass is 32.2. The molecule has 0 aliphatic carbocycles. The van der Waals surface area contributed by atoms with Crippen molar-refractivity contribution in [2.45, 2.75) is 31.8 Å². The number of sulfonamides is 1. The van der Waals surface area contributed by atoms with Crippen molar-refractivity contribution in [3.05, 3.63) is 24.3 Å². The summed E-state index contributed by atoms with van der Waals surface area (Å²) in [6, 6.07) is 6.44. The molecule has 0 bridgehead atoms. The van der Waals surface area contributed by atoms with Crippen LogP contribution in [-0.2, 0) is 14.8 Å². The molecule has 0 radical (unpaired) electrons. The Balaban J connectivity index is 1.89. The SMILES string of the molecule is CCOc1ccc(S(=O)(=O)NCC2CN(CC(C)C)CCO2)cc1. The number of morpholine rings is 1. The largest absolute Gasteiger partial charge is 0.494 e. The Kier molecular flexibility index (Phi) is 7.03. The Bertz CT molecular complexity index is 602. The van der Waals surface area contributed by atoms with Crippen molar-refractivity contribution >= 4 is 10.0 Å². The molecule has 136 valence electrons. The first-order valence-electron chi connectivity index (χ1n) is 8.47. The maximum Gasteiger partial charge on any atom is 0.240 e. The highest BCUT2D eigenvalue weighted by molar-refractivity contribution is 7.89. The number of nitrogens with zero attached hydrogens (tertiary/aromatic N) is 1. The molecule has 6 nitrogen and oxygen atoms in total. The second kappa shape index (κ2) is 8.80. The molecule has 7 heteroatoms. The van der Waals surface area contributed by atoms with Gasteiger partial charge in [0.25, 0.3) is 0 Å². The molecule has 1 aromatic carbocycles. The van der Waals surface area contributed by atoms with Crippen LogP contribution in [0, 0.1) is 5.92 Å². The van der Waals surface area contributed by atoms with Gasteiger partial charge in [0.1, 0.15) is 5.75 Å². The van der Waals surface area contributed by atoms with Gasteiger partial charge in [-0.2, -0.15) is 0 Å². The van der Waals surface area contributed by atoms with E-state index in [-0.39, 0.29) is 17.5 Å². The summed E-state index contributed by atoms with van der Waals surface area (Å²) in [4.78, 5) is 2.56. The van der Waals surface area contributed by atoms with Crippen molar-refractivity contribution in [3.63, 3.8) is 0 Å². The lowest BCUT2D eigenvalue weighted by Gasteiger charge is -2.33. The summed E-state index contributed by atoms with van der Waals surface area (Å²) in [6.07, 6.45) is -0.116. The molecule has 1 unspecified atom stereocenters. The molecular formula is C17H28N2O4S. The smallest absolute Gasteiger partial charge is 0.240 e. The van der Waals surface area contributed by atoms with Crippen LogP contribution in [0.25, 0.3) is 0 Å². The lowest BCUT2D eigenvalue weighted by molar-refractivity contribution is -0.0280. The zero-order valence-corrected chi connectivity index (χ0v) is 15.5. The van der Waals surface area contributed by atoms with Crippen molar-refractivity contribution in [2.75, 3.05) is 39.4 Å². The third kappa shape index (κ3) is 5.73. The van der Waals surface area contributed by atoms with Crippen LogP contribution in [0.15, 0.2) is 29.2 Å². The van der Waals surface area contributed by atoms with Gasteiger partial charge < -0.3 is 9.47 Å². The standard InChI is InChI=1S/C17H28N2O4S/c1-4-22-15-5-7-17(8-6-15)24(20,21)18-11-16-13-19(9-10-23-16)12-14(2)3/h5-8,14,16,18H,4,9-13H2,1-3H3. The first kappa shape index (κ1) is 19.2. The fourth-order valence-electron chi connectivity index (χ4n) is 2.75. The molecule has 2 rings (SSSR count). The number of hydrogen-bond acceptors (Lipinski definition) is 5. The third-order valence-corrected chi connectivity index (χ3v) is 5.23. The molecule has 0 aromatic heterocycles. The fraction of sp³-hybridized carbons (Fsp3) is 0.647. The number of hydrogen-bond donors (Lipinski definition) is 1.